The second kappa shape index (κ2) is 5.01. The number of aromatic nitrogens is 1. The standard InChI is InChI=1S/C11H16N2O3S/c12-17(14,15)10-6-7-11(13-8-10)16-9-4-2-1-3-5-9/h6-9H,1-5H2,(H2,12,14,15). The summed E-state index contributed by atoms with van der Waals surface area (Å²) >= 11 is 0. The van der Waals surface area contributed by atoms with E-state index >= 15 is 0 Å². The smallest absolute Gasteiger partial charge is 0.239 e. The van der Waals surface area contributed by atoms with Gasteiger partial charge >= 0.3 is 0 Å². The highest BCUT2D eigenvalue weighted by molar-refractivity contribution is 7.89. The number of rotatable bonds is 3. The van der Waals surface area contributed by atoms with Gasteiger partial charge < -0.3 is 4.74 Å². The number of nitrogens with two attached hydrogens (primary N) is 1. The summed E-state index contributed by atoms with van der Waals surface area (Å²) in [5, 5.41) is 4.98. The van der Waals surface area contributed by atoms with Crippen LogP contribution < -0.4 is 9.88 Å². The van der Waals surface area contributed by atoms with Gasteiger partial charge in [0, 0.05) is 6.07 Å². The number of primary sulfonamides is 1. The summed E-state index contributed by atoms with van der Waals surface area (Å²) in [6, 6.07) is 2.97. The van der Waals surface area contributed by atoms with E-state index in [4.69, 9.17) is 9.88 Å². The summed E-state index contributed by atoms with van der Waals surface area (Å²) in [7, 11) is -3.67. The number of sulfonamides is 1. The highest BCUT2D eigenvalue weighted by atomic mass is 32.2. The van der Waals surface area contributed by atoms with Crippen LogP contribution >= 0.6 is 0 Å². The van der Waals surface area contributed by atoms with Gasteiger partial charge in [0.15, 0.2) is 0 Å². The highest BCUT2D eigenvalue weighted by Gasteiger charge is 2.15. The van der Waals surface area contributed by atoms with E-state index < -0.39 is 10.0 Å². The van der Waals surface area contributed by atoms with Crippen molar-refractivity contribution in [1.82, 2.24) is 4.98 Å². The normalized spacial score (nSPS) is 17.9. The van der Waals surface area contributed by atoms with Crippen molar-refractivity contribution >= 4 is 10.0 Å². The van der Waals surface area contributed by atoms with Gasteiger partial charge in [-0.25, -0.2) is 18.5 Å². The van der Waals surface area contributed by atoms with Crippen molar-refractivity contribution in [2.24, 2.45) is 5.14 Å². The first kappa shape index (κ1) is 12.3. The topological polar surface area (TPSA) is 82.3 Å². The van der Waals surface area contributed by atoms with Gasteiger partial charge in [-0.1, -0.05) is 6.42 Å². The Kier molecular flexibility index (Phi) is 3.63. The second-order valence-corrected chi connectivity index (χ2v) is 5.82. The summed E-state index contributed by atoms with van der Waals surface area (Å²) in [6.07, 6.45) is 7.14. The molecular weight excluding hydrogens is 240 g/mol. The number of hydrogen-bond acceptors (Lipinski definition) is 4. The molecule has 6 heteroatoms. The van der Waals surface area contributed by atoms with Crippen LogP contribution in [0.1, 0.15) is 32.1 Å². The summed E-state index contributed by atoms with van der Waals surface area (Å²) in [5.41, 5.74) is 0. The van der Waals surface area contributed by atoms with Crippen LogP contribution in [0.4, 0.5) is 0 Å². The molecule has 2 N–H and O–H groups in total. The van der Waals surface area contributed by atoms with Crippen molar-refractivity contribution in [3.63, 3.8) is 0 Å². The molecule has 0 aliphatic heterocycles. The van der Waals surface area contributed by atoms with Gasteiger partial charge in [-0.15, -0.1) is 0 Å². The predicted octanol–water partition coefficient (Wildman–Crippen LogP) is 1.44. The predicted molar refractivity (Wildman–Crippen MR) is 63.1 cm³/mol. The first-order chi connectivity index (χ1) is 8.05. The fourth-order valence-electron chi connectivity index (χ4n) is 1.96. The Bertz CT molecular complexity index is 464. The quantitative estimate of drug-likeness (QED) is 0.887. The average Bonchev–Trinajstić information content (AvgIpc) is 2.30. The molecule has 0 spiro atoms. The van der Waals surface area contributed by atoms with Gasteiger partial charge in [-0.05, 0) is 31.7 Å². The van der Waals surface area contributed by atoms with Gasteiger partial charge in [0.2, 0.25) is 15.9 Å². The third-order valence-electron chi connectivity index (χ3n) is 2.88. The van der Waals surface area contributed by atoms with E-state index in [9.17, 15) is 8.42 Å². The average molecular weight is 256 g/mol. The van der Waals surface area contributed by atoms with Crippen molar-refractivity contribution in [2.45, 2.75) is 43.1 Å². The summed E-state index contributed by atoms with van der Waals surface area (Å²) < 4.78 is 27.7. The first-order valence-electron chi connectivity index (χ1n) is 5.71. The maximum absolute atomic E-state index is 11.0. The lowest BCUT2D eigenvalue weighted by Gasteiger charge is -2.22. The molecular formula is C11H16N2O3S. The molecule has 1 saturated carbocycles. The van der Waals surface area contributed by atoms with Crippen LogP contribution in [0, 0.1) is 0 Å². The monoisotopic (exact) mass is 256 g/mol. The van der Waals surface area contributed by atoms with Crippen molar-refractivity contribution in [3.8, 4) is 5.88 Å². The zero-order chi connectivity index (χ0) is 12.3. The number of nitrogens with zero attached hydrogens (tertiary/aromatic N) is 1. The SMILES string of the molecule is NS(=O)(=O)c1ccc(OC2CCCCC2)nc1. The molecule has 0 bridgehead atoms. The largest absolute Gasteiger partial charge is 0.474 e. The van der Waals surface area contributed by atoms with Crippen LogP contribution in [-0.4, -0.2) is 19.5 Å². The van der Waals surface area contributed by atoms with Gasteiger partial charge in [0.25, 0.3) is 0 Å². The Morgan fingerprint density at radius 1 is 1.24 bits per heavy atom. The van der Waals surface area contributed by atoms with Crippen LogP contribution in [0.2, 0.25) is 0 Å². The number of hydrogen-bond donors (Lipinski definition) is 1. The van der Waals surface area contributed by atoms with Crippen molar-refractivity contribution in [1.29, 1.82) is 0 Å². The molecule has 1 fully saturated rings. The fourth-order valence-corrected chi connectivity index (χ4v) is 2.42. The van der Waals surface area contributed by atoms with Gasteiger partial charge in [0.05, 0.1) is 6.20 Å². The molecule has 0 atom stereocenters. The zero-order valence-corrected chi connectivity index (χ0v) is 10.3. The van der Waals surface area contributed by atoms with Crippen LogP contribution in [0.25, 0.3) is 0 Å². The van der Waals surface area contributed by atoms with E-state index in [2.05, 4.69) is 4.98 Å². The lowest BCUT2D eigenvalue weighted by atomic mass is 9.98. The summed E-state index contributed by atoms with van der Waals surface area (Å²) in [5.74, 6) is 0.462. The van der Waals surface area contributed by atoms with Crippen molar-refractivity contribution < 1.29 is 13.2 Å². The Balaban J connectivity index is 2.03. The second-order valence-electron chi connectivity index (χ2n) is 4.26. The third kappa shape index (κ3) is 3.41. The minimum absolute atomic E-state index is 0.00786. The molecule has 0 aromatic carbocycles. The van der Waals surface area contributed by atoms with E-state index in [0.717, 1.165) is 12.8 Å². The van der Waals surface area contributed by atoms with Crippen molar-refractivity contribution in [2.75, 3.05) is 0 Å². The van der Waals surface area contributed by atoms with Gasteiger partial charge in [-0.3, -0.25) is 0 Å². The summed E-state index contributed by atoms with van der Waals surface area (Å²) in [6.45, 7) is 0. The lowest BCUT2D eigenvalue weighted by molar-refractivity contribution is 0.148. The minimum atomic E-state index is -3.67. The number of pyridine rings is 1. The molecule has 17 heavy (non-hydrogen) atoms. The zero-order valence-electron chi connectivity index (χ0n) is 9.50. The fraction of sp³-hybridized carbons (Fsp3) is 0.545. The molecule has 0 amide bonds. The third-order valence-corrected chi connectivity index (χ3v) is 3.78. The molecule has 94 valence electrons. The lowest BCUT2D eigenvalue weighted by Crippen LogP contribution is -2.20. The summed E-state index contributed by atoms with van der Waals surface area (Å²) in [4.78, 5) is 3.97. The molecule has 2 rings (SSSR count). The molecule has 1 aliphatic carbocycles. The van der Waals surface area contributed by atoms with E-state index in [-0.39, 0.29) is 11.0 Å². The number of ether oxygens (including phenoxy) is 1. The maximum Gasteiger partial charge on any atom is 0.239 e. The van der Waals surface area contributed by atoms with Crippen molar-refractivity contribution in [3.05, 3.63) is 18.3 Å². The van der Waals surface area contributed by atoms with Crippen LogP contribution in [0.3, 0.4) is 0 Å². The highest BCUT2D eigenvalue weighted by Crippen LogP contribution is 2.22. The van der Waals surface area contributed by atoms with E-state index in [1.165, 1.54) is 31.5 Å². The van der Waals surface area contributed by atoms with Crippen LogP contribution in [0.5, 0.6) is 5.88 Å². The molecule has 0 radical (unpaired) electrons. The molecule has 1 heterocycles. The van der Waals surface area contributed by atoms with Gasteiger partial charge in [-0.2, -0.15) is 0 Å². The maximum atomic E-state index is 11.0. The van der Waals surface area contributed by atoms with Gasteiger partial charge in [0.1, 0.15) is 11.0 Å². The molecule has 1 aliphatic rings. The van der Waals surface area contributed by atoms with E-state index in [1.54, 1.807) is 6.07 Å². The molecule has 1 aromatic rings. The van der Waals surface area contributed by atoms with Crippen LogP contribution in [-0.2, 0) is 10.0 Å². The van der Waals surface area contributed by atoms with E-state index in [1.807, 2.05) is 0 Å². The Morgan fingerprint density at radius 3 is 2.47 bits per heavy atom. The Morgan fingerprint density at radius 2 is 1.94 bits per heavy atom. The van der Waals surface area contributed by atoms with E-state index in [0.29, 0.717) is 5.88 Å². The molecule has 0 saturated heterocycles. The van der Waals surface area contributed by atoms with Crippen LogP contribution in [0.15, 0.2) is 23.2 Å². The minimum Gasteiger partial charge on any atom is -0.474 e. The molecule has 1 aromatic heterocycles. The Labute approximate surface area is 101 Å². The Hall–Kier alpha value is -1.14. The molecule has 5 nitrogen and oxygen atoms in total. The first-order valence-corrected chi connectivity index (χ1v) is 7.26. The molecule has 0 unspecified atom stereocenters.